The summed E-state index contributed by atoms with van der Waals surface area (Å²) in [7, 11) is 0. The highest BCUT2D eigenvalue weighted by atomic mass is 32.1. The predicted molar refractivity (Wildman–Crippen MR) is 90.5 cm³/mol. The van der Waals surface area contributed by atoms with E-state index >= 15 is 0 Å². The molecule has 0 aliphatic rings. The average Bonchev–Trinajstić information content (AvgIpc) is 3.17. The number of hydrogen-bond donors (Lipinski definition) is 1. The first-order valence-corrected chi connectivity index (χ1v) is 8.19. The Morgan fingerprint density at radius 3 is 2.70 bits per heavy atom. The van der Waals surface area contributed by atoms with Crippen LogP contribution in [0.5, 0.6) is 0 Å². The largest absolute Gasteiger partial charge is 0.347 e. The van der Waals surface area contributed by atoms with Crippen LogP contribution in [0.1, 0.15) is 31.2 Å². The van der Waals surface area contributed by atoms with Crippen molar-refractivity contribution in [2.75, 3.05) is 0 Å². The minimum Gasteiger partial charge on any atom is -0.347 e. The van der Waals surface area contributed by atoms with Crippen LogP contribution in [0.3, 0.4) is 0 Å². The van der Waals surface area contributed by atoms with Gasteiger partial charge in [-0.15, -0.1) is 11.3 Å². The van der Waals surface area contributed by atoms with Gasteiger partial charge in [0.05, 0.1) is 11.4 Å². The molecular weight excluding hydrogens is 308 g/mol. The normalized spacial score (nSPS) is 10.7. The van der Waals surface area contributed by atoms with Crippen molar-refractivity contribution in [2.24, 2.45) is 0 Å². The fourth-order valence-electron chi connectivity index (χ4n) is 2.32. The Labute approximate surface area is 139 Å². The summed E-state index contributed by atoms with van der Waals surface area (Å²) in [6, 6.07) is 9.98. The maximum Gasteiger partial charge on any atom is 0.261 e. The molecule has 0 saturated carbocycles. The summed E-state index contributed by atoms with van der Waals surface area (Å²) < 4.78 is 1.77. The summed E-state index contributed by atoms with van der Waals surface area (Å²) in [5.41, 5.74) is 3.37. The first kappa shape index (κ1) is 15.4. The number of amides is 1. The van der Waals surface area contributed by atoms with Crippen LogP contribution in [0.2, 0.25) is 0 Å². The Kier molecular flexibility index (Phi) is 4.52. The van der Waals surface area contributed by atoms with E-state index in [2.05, 4.69) is 15.4 Å². The number of nitrogens with one attached hydrogen (secondary N) is 1. The molecule has 6 heteroatoms. The van der Waals surface area contributed by atoms with Gasteiger partial charge in [0, 0.05) is 11.4 Å². The Morgan fingerprint density at radius 2 is 2.04 bits per heavy atom. The molecule has 3 aromatic rings. The Balaban J connectivity index is 1.69. The van der Waals surface area contributed by atoms with Crippen molar-refractivity contribution >= 4 is 17.2 Å². The molecule has 0 fully saturated rings. The van der Waals surface area contributed by atoms with E-state index in [0.717, 1.165) is 21.6 Å². The number of benzene rings is 1. The summed E-state index contributed by atoms with van der Waals surface area (Å²) in [4.78, 5) is 18.2. The van der Waals surface area contributed by atoms with Crippen molar-refractivity contribution in [2.45, 2.75) is 26.9 Å². The first-order valence-electron chi connectivity index (χ1n) is 7.38. The second-order valence-electron chi connectivity index (χ2n) is 5.39. The van der Waals surface area contributed by atoms with Gasteiger partial charge in [-0.3, -0.25) is 4.79 Å². The smallest absolute Gasteiger partial charge is 0.261 e. The van der Waals surface area contributed by atoms with Crippen LogP contribution in [-0.4, -0.2) is 20.7 Å². The molecule has 0 aliphatic heterocycles. The number of hydrogen-bond acceptors (Lipinski definition) is 4. The highest BCUT2D eigenvalue weighted by Crippen LogP contribution is 2.20. The molecule has 0 spiro atoms. The minimum absolute atomic E-state index is 0.0261. The minimum atomic E-state index is -0.0261. The zero-order valence-electron chi connectivity index (χ0n) is 13.1. The van der Waals surface area contributed by atoms with Crippen LogP contribution in [0.25, 0.3) is 0 Å². The second kappa shape index (κ2) is 6.75. The van der Waals surface area contributed by atoms with Gasteiger partial charge >= 0.3 is 0 Å². The molecule has 1 N–H and O–H groups in total. The molecule has 1 amide bonds. The van der Waals surface area contributed by atoms with Gasteiger partial charge in [0.15, 0.2) is 0 Å². The molecular formula is C17H18N4OS. The van der Waals surface area contributed by atoms with Crippen LogP contribution in [-0.2, 0) is 13.1 Å². The number of rotatable bonds is 5. The SMILES string of the molecule is Cc1cc(C(=O)NCc2ccccc2Cn2cncn2)sc1C. The Morgan fingerprint density at radius 1 is 1.26 bits per heavy atom. The summed E-state index contributed by atoms with van der Waals surface area (Å²) in [6.07, 6.45) is 3.21. The number of thiophene rings is 1. The van der Waals surface area contributed by atoms with E-state index in [1.807, 2.05) is 44.2 Å². The lowest BCUT2D eigenvalue weighted by Crippen LogP contribution is -2.22. The van der Waals surface area contributed by atoms with Gasteiger partial charge < -0.3 is 5.32 Å². The van der Waals surface area contributed by atoms with Crippen molar-refractivity contribution in [3.8, 4) is 0 Å². The van der Waals surface area contributed by atoms with Gasteiger partial charge in [-0.05, 0) is 36.6 Å². The molecule has 118 valence electrons. The van der Waals surface area contributed by atoms with Crippen molar-refractivity contribution in [1.29, 1.82) is 0 Å². The molecule has 0 unspecified atom stereocenters. The zero-order valence-corrected chi connectivity index (χ0v) is 13.9. The van der Waals surface area contributed by atoms with Gasteiger partial charge in [0.2, 0.25) is 0 Å². The Bertz CT molecular complexity index is 788. The molecule has 2 aromatic heterocycles. The fraction of sp³-hybridized carbons (Fsp3) is 0.235. The van der Waals surface area contributed by atoms with E-state index in [-0.39, 0.29) is 5.91 Å². The van der Waals surface area contributed by atoms with Gasteiger partial charge in [0.25, 0.3) is 5.91 Å². The number of aryl methyl sites for hydroxylation is 2. The zero-order chi connectivity index (χ0) is 16.2. The van der Waals surface area contributed by atoms with E-state index in [0.29, 0.717) is 13.1 Å². The highest BCUT2D eigenvalue weighted by molar-refractivity contribution is 7.14. The highest BCUT2D eigenvalue weighted by Gasteiger charge is 2.11. The van der Waals surface area contributed by atoms with E-state index < -0.39 is 0 Å². The van der Waals surface area contributed by atoms with Gasteiger partial charge in [-0.1, -0.05) is 24.3 Å². The van der Waals surface area contributed by atoms with E-state index in [1.165, 1.54) is 22.5 Å². The van der Waals surface area contributed by atoms with Crippen LogP contribution in [0.4, 0.5) is 0 Å². The lowest BCUT2D eigenvalue weighted by molar-refractivity contribution is 0.0955. The summed E-state index contributed by atoms with van der Waals surface area (Å²) >= 11 is 1.53. The molecule has 0 bridgehead atoms. The maximum atomic E-state index is 12.3. The maximum absolute atomic E-state index is 12.3. The molecule has 0 saturated heterocycles. The van der Waals surface area contributed by atoms with Crippen molar-refractivity contribution in [3.63, 3.8) is 0 Å². The number of aromatic nitrogens is 3. The third-order valence-corrected chi connectivity index (χ3v) is 4.90. The van der Waals surface area contributed by atoms with Crippen molar-refractivity contribution in [3.05, 3.63) is 69.4 Å². The molecule has 23 heavy (non-hydrogen) atoms. The van der Waals surface area contributed by atoms with Gasteiger partial charge in [0.1, 0.15) is 12.7 Å². The third kappa shape index (κ3) is 3.65. The van der Waals surface area contributed by atoms with Crippen LogP contribution < -0.4 is 5.32 Å². The predicted octanol–water partition coefficient (Wildman–Crippen LogP) is 2.93. The molecule has 1 aromatic carbocycles. The molecule has 0 radical (unpaired) electrons. The quantitative estimate of drug-likeness (QED) is 0.784. The Hall–Kier alpha value is -2.47. The second-order valence-corrected chi connectivity index (χ2v) is 6.65. The summed E-state index contributed by atoms with van der Waals surface area (Å²) in [6.45, 7) is 5.20. The van der Waals surface area contributed by atoms with Gasteiger partial charge in [-0.25, -0.2) is 9.67 Å². The first-order chi connectivity index (χ1) is 11.1. The summed E-state index contributed by atoms with van der Waals surface area (Å²) in [5, 5.41) is 7.13. The summed E-state index contributed by atoms with van der Waals surface area (Å²) in [5.74, 6) is -0.0261. The molecule has 0 aliphatic carbocycles. The van der Waals surface area contributed by atoms with E-state index in [9.17, 15) is 4.79 Å². The molecule has 0 atom stereocenters. The topological polar surface area (TPSA) is 59.8 Å². The lowest BCUT2D eigenvalue weighted by atomic mass is 10.1. The molecule has 3 rings (SSSR count). The molecule has 5 nitrogen and oxygen atoms in total. The fourth-order valence-corrected chi connectivity index (χ4v) is 3.27. The number of carbonyl (C=O) groups is 1. The number of carbonyl (C=O) groups excluding carboxylic acids is 1. The molecule has 2 heterocycles. The van der Waals surface area contributed by atoms with Crippen LogP contribution in [0, 0.1) is 13.8 Å². The van der Waals surface area contributed by atoms with Crippen LogP contribution in [0.15, 0.2) is 43.0 Å². The van der Waals surface area contributed by atoms with Crippen LogP contribution >= 0.6 is 11.3 Å². The monoisotopic (exact) mass is 326 g/mol. The van der Waals surface area contributed by atoms with E-state index in [4.69, 9.17) is 0 Å². The lowest BCUT2D eigenvalue weighted by Gasteiger charge is -2.10. The third-order valence-electron chi connectivity index (χ3n) is 3.75. The average molecular weight is 326 g/mol. The standard InChI is InChI=1S/C17H18N4OS/c1-12-7-16(23-13(12)2)17(22)19-8-14-5-3-4-6-15(14)9-21-11-18-10-20-21/h3-7,10-11H,8-9H2,1-2H3,(H,19,22). The van der Waals surface area contributed by atoms with E-state index in [1.54, 1.807) is 11.0 Å². The van der Waals surface area contributed by atoms with Crippen molar-refractivity contribution < 1.29 is 4.79 Å². The van der Waals surface area contributed by atoms with Crippen molar-refractivity contribution in [1.82, 2.24) is 20.1 Å². The number of nitrogens with zero attached hydrogens (tertiary/aromatic N) is 3. The van der Waals surface area contributed by atoms with Gasteiger partial charge in [-0.2, -0.15) is 5.10 Å².